The summed E-state index contributed by atoms with van der Waals surface area (Å²) in [7, 11) is 0. The zero-order chi connectivity index (χ0) is 20.3. The lowest BCUT2D eigenvalue weighted by atomic mass is 10.1. The predicted octanol–water partition coefficient (Wildman–Crippen LogP) is 5.56. The Morgan fingerprint density at radius 1 is 1.07 bits per heavy atom. The highest BCUT2D eigenvalue weighted by atomic mass is 35.5. The van der Waals surface area contributed by atoms with Gasteiger partial charge < -0.3 is 5.32 Å². The number of rotatable bonds is 5. The summed E-state index contributed by atoms with van der Waals surface area (Å²) in [5.74, 6) is -0.327. The van der Waals surface area contributed by atoms with E-state index in [2.05, 4.69) is 10.4 Å². The highest BCUT2D eigenvalue weighted by Gasteiger charge is 2.38. The van der Waals surface area contributed by atoms with E-state index >= 15 is 0 Å². The van der Waals surface area contributed by atoms with E-state index in [1.807, 2.05) is 42.5 Å². The van der Waals surface area contributed by atoms with E-state index in [0.717, 1.165) is 15.8 Å². The van der Waals surface area contributed by atoms with Gasteiger partial charge in [-0.25, -0.2) is 0 Å². The van der Waals surface area contributed by atoms with Gasteiger partial charge in [-0.05, 0) is 30.2 Å². The van der Waals surface area contributed by atoms with Crippen LogP contribution in [0.3, 0.4) is 0 Å². The largest absolute Gasteiger partial charge is 0.436 e. The summed E-state index contributed by atoms with van der Waals surface area (Å²) in [6.45, 7) is 1.43. The van der Waals surface area contributed by atoms with Gasteiger partial charge in [0, 0.05) is 12.1 Å². The summed E-state index contributed by atoms with van der Waals surface area (Å²) in [4.78, 5) is 12.1. The highest BCUT2D eigenvalue weighted by Crippen LogP contribution is 2.35. The van der Waals surface area contributed by atoms with Crippen LogP contribution in [0, 0.1) is 6.92 Å². The van der Waals surface area contributed by atoms with Crippen molar-refractivity contribution in [1.82, 2.24) is 9.78 Å². The van der Waals surface area contributed by atoms with E-state index in [-0.39, 0.29) is 24.6 Å². The molecule has 2 aromatic carbocycles. The van der Waals surface area contributed by atoms with Gasteiger partial charge >= 0.3 is 6.18 Å². The van der Waals surface area contributed by atoms with Crippen LogP contribution in [0.1, 0.15) is 17.8 Å². The van der Waals surface area contributed by atoms with Crippen LogP contribution in [0.4, 0.5) is 18.9 Å². The second-order valence-corrected chi connectivity index (χ2v) is 6.59. The lowest BCUT2D eigenvalue weighted by Crippen LogP contribution is -2.16. The number of carbonyl (C=O) groups is 1. The topological polar surface area (TPSA) is 46.9 Å². The number of anilines is 1. The number of aryl methyl sites for hydroxylation is 1. The lowest BCUT2D eigenvalue weighted by molar-refractivity contribution is -0.141. The van der Waals surface area contributed by atoms with Crippen LogP contribution in [0.5, 0.6) is 0 Å². The number of alkyl halides is 3. The SMILES string of the molecule is Cc1c(Cl)c(C(F)(F)F)nn1CCC(=O)Nc1ccc(-c2ccccc2)cc1. The fourth-order valence-corrected chi connectivity index (χ4v) is 2.97. The monoisotopic (exact) mass is 407 g/mol. The molecule has 1 N–H and O–H groups in total. The van der Waals surface area contributed by atoms with Crippen LogP contribution in [-0.2, 0) is 17.5 Å². The molecule has 1 aromatic heterocycles. The minimum Gasteiger partial charge on any atom is -0.326 e. The quantitative estimate of drug-likeness (QED) is 0.602. The fourth-order valence-electron chi connectivity index (χ4n) is 2.73. The second kappa shape index (κ2) is 8.06. The zero-order valence-electron chi connectivity index (χ0n) is 14.9. The van der Waals surface area contributed by atoms with Crippen molar-refractivity contribution in [2.24, 2.45) is 0 Å². The Morgan fingerprint density at radius 2 is 1.68 bits per heavy atom. The first-order valence-electron chi connectivity index (χ1n) is 8.51. The van der Waals surface area contributed by atoms with Crippen molar-refractivity contribution in [2.75, 3.05) is 5.32 Å². The lowest BCUT2D eigenvalue weighted by Gasteiger charge is -2.08. The molecule has 3 rings (SSSR count). The van der Waals surface area contributed by atoms with Crippen molar-refractivity contribution < 1.29 is 18.0 Å². The molecule has 0 spiro atoms. The number of carbonyl (C=O) groups excluding carboxylic acids is 1. The van der Waals surface area contributed by atoms with Crippen LogP contribution in [0.15, 0.2) is 54.6 Å². The van der Waals surface area contributed by atoms with E-state index < -0.39 is 16.9 Å². The molecule has 0 fully saturated rings. The van der Waals surface area contributed by atoms with Gasteiger partial charge in [0.1, 0.15) is 0 Å². The second-order valence-electron chi connectivity index (χ2n) is 6.21. The Bertz CT molecular complexity index is 967. The molecule has 0 aliphatic heterocycles. The van der Waals surface area contributed by atoms with E-state index in [4.69, 9.17) is 11.6 Å². The maximum atomic E-state index is 12.8. The highest BCUT2D eigenvalue weighted by molar-refractivity contribution is 6.31. The number of benzene rings is 2. The third-order valence-electron chi connectivity index (χ3n) is 4.23. The van der Waals surface area contributed by atoms with Crippen LogP contribution >= 0.6 is 11.6 Å². The molecule has 8 heteroatoms. The van der Waals surface area contributed by atoms with E-state index in [1.165, 1.54) is 6.92 Å². The molecule has 146 valence electrons. The van der Waals surface area contributed by atoms with Crippen molar-refractivity contribution in [3.8, 4) is 11.1 Å². The molecule has 1 amide bonds. The smallest absolute Gasteiger partial charge is 0.326 e. The molecule has 3 aromatic rings. The van der Waals surface area contributed by atoms with Gasteiger partial charge in [0.2, 0.25) is 5.91 Å². The number of nitrogens with one attached hydrogen (secondary N) is 1. The van der Waals surface area contributed by atoms with Gasteiger partial charge in [-0.15, -0.1) is 0 Å². The van der Waals surface area contributed by atoms with E-state index in [1.54, 1.807) is 12.1 Å². The molecule has 4 nitrogen and oxygen atoms in total. The molecule has 0 saturated heterocycles. The van der Waals surface area contributed by atoms with E-state index in [0.29, 0.717) is 5.69 Å². The molecule has 0 saturated carbocycles. The summed E-state index contributed by atoms with van der Waals surface area (Å²) in [5.41, 5.74) is 1.72. The van der Waals surface area contributed by atoms with Crippen LogP contribution in [-0.4, -0.2) is 15.7 Å². The van der Waals surface area contributed by atoms with Gasteiger partial charge in [-0.1, -0.05) is 54.1 Å². The van der Waals surface area contributed by atoms with Crippen molar-refractivity contribution in [2.45, 2.75) is 26.1 Å². The molecular weight excluding hydrogens is 391 g/mol. The number of aromatic nitrogens is 2. The molecule has 28 heavy (non-hydrogen) atoms. The van der Waals surface area contributed by atoms with Crippen molar-refractivity contribution in [3.05, 3.63) is 71.0 Å². The molecule has 1 heterocycles. The first-order chi connectivity index (χ1) is 13.3. The van der Waals surface area contributed by atoms with Gasteiger partial charge in [0.05, 0.1) is 17.3 Å². The van der Waals surface area contributed by atoms with Crippen molar-refractivity contribution in [3.63, 3.8) is 0 Å². The van der Waals surface area contributed by atoms with Gasteiger partial charge in [-0.3, -0.25) is 9.48 Å². The van der Waals surface area contributed by atoms with Crippen LogP contribution in [0.2, 0.25) is 5.02 Å². The summed E-state index contributed by atoms with van der Waals surface area (Å²) < 4.78 is 39.6. The van der Waals surface area contributed by atoms with Crippen molar-refractivity contribution >= 4 is 23.2 Å². The third-order valence-corrected chi connectivity index (χ3v) is 4.68. The summed E-state index contributed by atoms with van der Waals surface area (Å²) in [5, 5.41) is 5.77. The molecule has 0 aliphatic carbocycles. The van der Waals surface area contributed by atoms with E-state index in [9.17, 15) is 18.0 Å². The number of nitrogens with zero attached hydrogens (tertiary/aromatic N) is 2. The number of hydrogen-bond donors (Lipinski definition) is 1. The van der Waals surface area contributed by atoms with Gasteiger partial charge in [0.15, 0.2) is 5.69 Å². The first kappa shape index (κ1) is 19.9. The van der Waals surface area contributed by atoms with Crippen LogP contribution in [0.25, 0.3) is 11.1 Å². The first-order valence-corrected chi connectivity index (χ1v) is 8.89. The Balaban J connectivity index is 1.61. The summed E-state index contributed by atoms with van der Waals surface area (Å²) in [6, 6.07) is 17.1. The number of halogens is 4. The number of amides is 1. The number of hydrogen-bond acceptors (Lipinski definition) is 2. The Hall–Kier alpha value is -2.80. The van der Waals surface area contributed by atoms with Crippen molar-refractivity contribution in [1.29, 1.82) is 0 Å². The third kappa shape index (κ3) is 4.54. The predicted molar refractivity (Wildman–Crippen MR) is 102 cm³/mol. The average molecular weight is 408 g/mol. The molecular formula is C20H17ClF3N3O. The van der Waals surface area contributed by atoms with Crippen LogP contribution < -0.4 is 5.32 Å². The Morgan fingerprint density at radius 3 is 2.25 bits per heavy atom. The molecule has 0 aliphatic rings. The molecule has 0 radical (unpaired) electrons. The Labute approximate surface area is 164 Å². The maximum absolute atomic E-state index is 12.8. The summed E-state index contributed by atoms with van der Waals surface area (Å²) in [6.07, 6.45) is -4.66. The normalized spacial score (nSPS) is 11.5. The molecule has 0 atom stereocenters. The van der Waals surface area contributed by atoms with Gasteiger partial charge in [-0.2, -0.15) is 18.3 Å². The fraction of sp³-hybridized carbons (Fsp3) is 0.200. The standard InChI is InChI=1S/C20H17ClF3N3O/c1-13-18(21)19(20(22,23)24)26-27(13)12-11-17(28)25-16-9-7-15(8-10-16)14-5-3-2-4-6-14/h2-10H,11-12H2,1H3,(H,25,28). The maximum Gasteiger partial charge on any atom is 0.436 e. The average Bonchev–Trinajstić information content (AvgIpc) is 2.96. The van der Waals surface area contributed by atoms with Gasteiger partial charge in [0.25, 0.3) is 0 Å². The minimum atomic E-state index is -4.63. The summed E-state index contributed by atoms with van der Waals surface area (Å²) >= 11 is 5.71. The zero-order valence-corrected chi connectivity index (χ0v) is 15.7. The Kier molecular flexibility index (Phi) is 5.74. The minimum absolute atomic E-state index is 0.00440. The molecule has 0 bridgehead atoms. The molecule has 0 unspecified atom stereocenters.